The van der Waals surface area contributed by atoms with Gasteiger partial charge in [0.05, 0.1) is 72.2 Å². The number of hydrogen-bond acceptors (Lipinski definition) is 55. The van der Waals surface area contributed by atoms with E-state index in [1.54, 1.807) is 0 Å². The molecule has 0 spiro atoms. The Kier molecular flexibility index (Phi) is 41.1. The van der Waals surface area contributed by atoms with Gasteiger partial charge in [0.25, 0.3) is 0 Å². The van der Waals surface area contributed by atoms with Crippen LogP contribution in [0.4, 0.5) is 0 Å². The van der Waals surface area contributed by atoms with Crippen molar-refractivity contribution in [1.29, 1.82) is 0 Å². The van der Waals surface area contributed by atoms with Crippen LogP contribution in [0.2, 0.25) is 0 Å². The van der Waals surface area contributed by atoms with E-state index in [1.807, 2.05) is 0 Å². The van der Waals surface area contributed by atoms with Gasteiger partial charge < -0.3 is 274 Å². The fraction of sp³-hybridized carbons (Fsp3) is 0.923. The Balaban J connectivity index is 1.01. The van der Waals surface area contributed by atoms with Gasteiger partial charge in [0.15, 0.2) is 69.2 Å². The second-order valence-electron chi connectivity index (χ2n) is 35.3. The molecule has 61 heteroatoms. The smallest absolute Gasteiger partial charge is 0.217 e. The Hall–Kier alpha value is -5.14. The van der Waals surface area contributed by atoms with Crippen LogP contribution in [0.3, 0.4) is 0 Å². The lowest BCUT2D eigenvalue weighted by atomic mass is 9.93. The Bertz CT molecular complexity index is 3900. The number of hydrogen-bond donors (Lipinski definition) is 34. The standard InChI is InChI=1S/C78H130N6O55/c1-18-41(99)53(111)56(114)74(121-18)136-64-40(84-24(7)98)73(128-32(15-92)63(64)135-75-57(115)54(112)45(103)28(11-88)126-75)133-62-31(14-91)129-78(67(58(62)116)139-71-38(82-22(5)96)50(108)44(102)27(10-87)125-71)137-65-47(105)34(130-76(59(65)117)134-61-30(13-90)127-72(39(52(61)110)83-23(6)97)132-60-29(12-89)122-68(118)35(51(60)109)79-19(2)93)17-120-77-66(138-70-37(81-21(4)95)49(107)43(101)26(9-86)124-70)55(113)46(104)33(131-77)16-119-69-36(80-20(3)94)48(106)42(100)25(8-85)123-69/h18,25-78,85-92,99-118H,8-17H2,1-7H3,(H,79,93)(H,80,94)(H,81,95)(H,82,96)(H,83,97)(H,84,98)/t18-,25+,26+,27+,28+,29+,30+,31+,32+,33+,34+,35+,36+,37+,38+,39+,40+,41+,42+,43+,44+,45-,46+,47+,48+,49+,50+,51+,52+,53+,54-,55-,56-,57+,58-,59-,60+,61+,62+,63+,64+,65-,66-,67-,68+,69+,70-,71-,72-,73-,74-,75-,76-,77-,78+/m0/s1. The zero-order valence-corrected chi connectivity index (χ0v) is 75.4. The van der Waals surface area contributed by atoms with Crippen LogP contribution >= 0.6 is 0 Å². The number of carbonyl (C=O) groups is 6. The maximum Gasteiger partial charge on any atom is 0.217 e. The highest BCUT2D eigenvalue weighted by atomic mass is 16.8. The summed E-state index contributed by atoms with van der Waals surface area (Å²) in [5, 5.41) is 333. The molecular weight excluding hydrogens is 1900 g/mol. The van der Waals surface area contributed by atoms with Crippen molar-refractivity contribution in [2.24, 2.45) is 0 Å². The van der Waals surface area contributed by atoms with E-state index in [0.29, 0.717) is 0 Å². The molecule has 0 aromatic heterocycles. The molecule has 11 aliphatic heterocycles. The fourth-order valence-corrected chi connectivity index (χ4v) is 18.1. The highest BCUT2D eigenvalue weighted by Crippen LogP contribution is 2.43. The fourth-order valence-electron chi connectivity index (χ4n) is 18.1. The first-order valence-electron chi connectivity index (χ1n) is 44.5. The molecule has 0 radical (unpaired) electrons. The largest absolute Gasteiger partial charge is 0.394 e. The van der Waals surface area contributed by atoms with E-state index >= 15 is 0 Å². The Morgan fingerprint density at radius 1 is 0.201 bits per heavy atom. The number of amides is 6. The van der Waals surface area contributed by atoms with E-state index in [9.17, 15) is 172 Å². The van der Waals surface area contributed by atoms with E-state index in [4.69, 9.17) is 99.5 Å². The average molecular weight is 2030 g/mol. The van der Waals surface area contributed by atoms with Crippen LogP contribution in [-0.2, 0) is 128 Å². The van der Waals surface area contributed by atoms with Gasteiger partial charge in [-0.25, -0.2) is 0 Å². The number of aliphatic hydroxyl groups is 28. The molecule has 11 rings (SSSR count). The number of nitrogens with one attached hydrogen (secondary N) is 6. The van der Waals surface area contributed by atoms with Gasteiger partial charge in [-0.1, -0.05) is 0 Å². The third-order valence-corrected chi connectivity index (χ3v) is 25.3. The first-order chi connectivity index (χ1) is 65.7. The highest BCUT2D eigenvalue weighted by molar-refractivity contribution is 5.75. The van der Waals surface area contributed by atoms with E-state index in [-0.39, 0.29) is 0 Å². The normalized spacial score (nSPS) is 48.3. The summed E-state index contributed by atoms with van der Waals surface area (Å²) in [5.74, 6) is -5.68. The second-order valence-corrected chi connectivity index (χ2v) is 35.3. The number of rotatable bonds is 36. The molecular formula is C78H130N6O55. The Morgan fingerprint density at radius 2 is 0.468 bits per heavy atom. The van der Waals surface area contributed by atoms with Crippen LogP contribution in [0.15, 0.2) is 0 Å². The third kappa shape index (κ3) is 25.8. The van der Waals surface area contributed by atoms with E-state index in [0.717, 1.165) is 41.5 Å². The summed E-state index contributed by atoms with van der Waals surface area (Å²) in [7, 11) is 0. The lowest BCUT2D eigenvalue weighted by molar-refractivity contribution is -0.407. The summed E-state index contributed by atoms with van der Waals surface area (Å²) in [6, 6.07) is -11.5. The Morgan fingerprint density at radius 3 is 0.921 bits per heavy atom. The van der Waals surface area contributed by atoms with Crippen LogP contribution in [0.1, 0.15) is 48.5 Å². The van der Waals surface area contributed by atoms with Crippen molar-refractivity contribution in [2.45, 2.75) is 386 Å². The molecule has 55 atom stereocenters. The molecule has 0 saturated carbocycles. The molecule has 0 aromatic rings. The predicted octanol–water partition coefficient (Wildman–Crippen LogP) is -23.1. The van der Waals surface area contributed by atoms with Gasteiger partial charge in [-0.2, -0.15) is 0 Å². The first kappa shape index (κ1) is 114. The zero-order chi connectivity index (χ0) is 102. The van der Waals surface area contributed by atoms with Gasteiger partial charge in [0, 0.05) is 41.5 Å². The summed E-state index contributed by atoms with van der Waals surface area (Å²) in [6.07, 6.45) is -106. The van der Waals surface area contributed by atoms with Crippen molar-refractivity contribution in [2.75, 3.05) is 66.1 Å². The summed E-state index contributed by atoms with van der Waals surface area (Å²) >= 11 is 0. The first-order valence-corrected chi connectivity index (χ1v) is 44.5. The van der Waals surface area contributed by atoms with Crippen molar-refractivity contribution in [3.8, 4) is 0 Å². The van der Waals surface area contributed by atoms with Crippen LogP contribution in [0.25, 0.3) is 0 Å². The number of ether oxygens (including phenoxy) is 21. The molecule has 139 heavy (non-hydrogen) atoms. The Labute approximate surface area is 788 Å². The summed E-state index contributed by atoms with van der Waals surface area (Å²) < 4.78 is 128. The lowest BCUT2D eigenvalue weighted by Crippen LogP contribution is -2.72. The lowest BCUT2D eigenvalue weighted by Gasteiger charge is -2.52. The monoisotopic (exact) mass is 2030 g/mol. The molecule has 0 aliphatic carbocycles. The molecule has 61 nitrogen and oxygen atoms in total. The number of carbonyl (C=O) groups excluding carboxylic acids is 6. The molecule has 0 bridgehead atoms. The van der Waals surface area contributed by atoms with Gasteiger partial charge in [-0.3, -0.25) is 28.8 Å². The van der Waals surface area contributed by atoms with Gasteiger partial charge >= 0.3 is 0 Å². The van der Waals surface area contributed by atoms with Crippen molar-refractivity contribution in [1.82, 2.24) is 31.9 Å². The maximum atomic E-state index is 13.7. The molecule has 11 heterocycles. The molecule has 802 valence electrons. The third-order valence-electron chi connectivity index (χ3n) is 25.3. The number of aliphatic hydroxyl groups excluding tert-OH is 28. The summed E-state index contributed by atoms with van der Waals surface area (Å²) in [5.41, 5.74) is 0. The second kappa shape index (κ2) is 50.0. The molecule has 0 unspecified atom stereocenters. The quantitative estimate of drug-likeness (QED) is 0.0277. The highest BCUT2D eigenvalue weighted by Gasteiger charge is 2.64. The van der Waals surface area contributed by atoms with Crippen molar-refractivity contribution in [3.05, 3.63) is 0 Å². The van der Waals surface area contributed by atoms with E-state index < -0.39 is 439 Å². The van der Waals surface area contributed by atoms with Crippen LogP contribution in [0.5, 0.6) is 0 Å². The SMILES string of the molecule is CC(=O)N[C@@H]1[C@@H](O)[C@H](O[C@@H]2O[C@H](CO)[C@@H](O[C@@H]3O[C@H](CO[C@H]4O[C@H](CO[C@@H]5O[C@H](CO)[C@@H](O)[C@H](O)[C@H]5NC(C)=O)[C@@H](O)[C@H](O)[C@@H]4O[C@@H]4O[C@H](CO)[C@@H](O)[C@H](O)[C@H]4NC(C)=O)[C@@H](O)[C@H](O[C@H]4O[C@H](CO)[C@@H](O[C@@H]5O[C@H](CO)[C@@H](O[C@@H]6O[C@H](CO)[C@H](O)[C@H](O)[C@H]6O)[C@H](O[C@@H]6O[C@@H](C)[C@@H](O)[C@@H](O)[C@@H]6O)[C@H]5NC(C)=O)[C@H](O)[C@@H]4O[C@@H]4O[C@H](CO)[C@@H](O)[C@H](O)[C@H]4NC(C)=O)[C@@H]3O)[C@H](O)[C@H]2NC(C)=O)[C@@H](CO)O[C@H]1O. The molecule has 11 saturated heterocycles. The van der Waals surface area contributed by atoms with Crippen molar-refractivity contribution >= 4 is 35.4 Å². The topological polar surface area (TPSA) is 935 Å². The van der Waals surface area contributed by atoms with Gasteiger partial charge in [0.1, 0.15) is 262 Å². The zero-order valence-electron chi connectivity index (χ0n) is 75.4. The molecule has 11 fully saturated rings. The molecule has 0 aromatic carbocycles. The molecule has 11 aliphatic rings. The molecule has 34 N–H and O–H groups in total. The van der Waals surface area contributed by atoms with Gasteiger partial charge in [-0.05, 0) is 6.92 Å². The predicted molar refractivity (Wildman–Crippen MR) is 430 cm³/mol. The maximum absolute atomic E-state index is 13.7. The van der Waals surface area contributed by atoms with E-state index in [1.165, 1.54) is 6.92 Å². The summed E-state index contributed by atoms with van der Waals surface area (Å²) in [6.45, 7) is -4.93. The van der Waals surface area contributed by atoms with Gasteiger partial charge in [0.2, 0.25) is 35.4 Å². The van der Waals surface area contributed by atoms with Crippen molar-refractivity contribution < 1.29 is 271 Å². The minimum Gasteiger partial charge on any atom is -0.394 e. The molecule has 6 amide bonds. The van der Waals surface area contributed by atoms with Gasteiger partial charge in [-0.15, -0.1) is 0 Å². The van der Waals surface area contributed by atoms with Crippen LogP contribution in [0, 0.1) is 0 Å². The summed E-state index contributed by atoms with van der Waals surface area (Å²) in [4.78, 5) is 77.8. The average Bonchev–Trinajstić information content (AvgIpc) is 0.754. The van der Waals surface area contributed by atoms with Crippen molar-refractivity contribution in [3.63, 3.8) is 0 Å². The van der Waals surface area contributed by atoms with E-state index in [2.05, 4.69) is 31.9 Å². The van der Waals surface area contributed by atoms with Crippen LogP contribution in [-0.4, -0.2) is 582 Å². The van der Waals surface area contributed by atoms with Crippen LogP contribution < -0.4 is 31.9 Å². The minimum atomic E-state index is -2.76. The minimum absolute atomic E-state index is 0.831.